The van der Waals surface area contributed by atoms with E-state index in [-0.39, 0.29) is 19.0 Å². The van der Waals surface area contributed by atoms with Crippen LogP contribution < -0.4 is 19.5 Å². The summed E-state index contributed by atoms with van der Waals surface area (Å²) in [6.45, 7) is -0.0648. The Bertz CT molecular complexity index is 2010. The first-order valence-corrected chi connectivity index (χ1v) is 16.5. The van der Waals surface area contributed by atoms with E-state index in [4.69, 9.17) is 23.7 Å². The van der Waals surface area contributed by atoms with Crippen LogP contribution in [0.15, 0.2) is 122 Å². The van der Waals surface area contributed by atoms with Gasteiger partial charge >= 0.3 is 0 Å². The lowest BCUT2D eigenvalue weighted by atomic mass is 9.80. The summed E-state index contributed by atoms with van der Waals surface area (Å²) < 4.78 is 31.6. The van der Waals surface area contributed by atoms with Crippen LogP contribution in [0.25, 0.3) is 11.2 Å². The van der Waals surface area contributed by atoms with Crippen LogP contribution in [-0.4, -0.2) is 70.2 Å². The number of aromatic nitrogens is 4. The number of anilines is 1. The van der Waals surface area contributed by atoms with Crippen LogP contribution in [0.4, 0.5) is 5.82 Å². The highest BCUT2D eigenvalue weighted by atomic mass is 16.6. The molecule has 2 aromatic heterocycles. The number of para-hydroxylation sites is 1. The number of carbonyl (C=O) groups excluding carboxylic acids is 1. The van der Waals surface area contributed by atoms with Crippen molar-refractivity contribution in [3.63, 3.8) is 0 Å². The van der Waals surface area contributed by atoms with Crippen LogP contribution in [0.3, 0.4) is 0 Å². The molecule has 0 aliphatic carbocycles. The number of hydrogen-bond acceptors (Lipinski definition) is 10. The van der Waals surface area contributed by atoms with Gasteiger partial charge in [0.2, 0.25) is 0 Å². The second-order valence-corrected chi connectivity index (χ2v) is 12.0. The first kappa shape index (κ1) is 33.7. The lowest BCUT2D eigenvalue weighted by Gasteiger charge is -2.37. The van der Waals surface area contributed by atoms with Crippen molar-refractivity contribution in [1.82, 2.24) is 19.5 Å². The zero-order chi connectivity index (χ0) is 35.2. The number of amides is 1. The van der Waals surface area contributed by atoms with Gasteiger partial charge < -0.3 is 34.1 Å². The predicted molar refractivity (Wildman–Crippen MR) is 189 cm³/mol. The molecule has 12 nitrogen and oxygen atoms in total. The van der Waals surface area contributed by atoms with Crippen LogP contribution in [0.2, 0.25) is 0 Å². The molecule has 7 rings (SSSR count). The van der Waals surface area contributed by atoms with Gasteiger partial charge in [-0.3, -0.25) is 9.36 Å². The molecule has 1 aliphatic rings. The molecule has 51 heavy (non-hydrogen) atoms. The van der Waals surface area contributed by atoms with Gasteiger partial charge in [-0.15, -0.1) is 0 Å². The molecule has 0 bridgehead atoms. The van der Waals surface area contributed by atoms with E-state index in [1.807, 2.05) is 97.1 Å². The predicted octanol–water partition coefficient (Wildman–Crippen LogP) is 5.52. The Morgan fingerprint density at radius 1 is 0.824 bits per heavy atom. The third-order valence-electron chi connectivity index (χ3n) is 8.83. The minimum atomic E-state index is -1.04. The van der Waals surface area contributed by atoms with Gasteiger partial charge in [0.05, 0.1) is 33.3 Å². The number of benzene rings is 4. The van der Waals surface area contributed by atoms with E-state index in [0.29, 0.717) is 23.3 Å². The summed E-state index contributed by atoms with van der Waals surface area (Å²) in [6, 6.07) is 34.6. The van der Waals surface area contributed by atoms with Gasteiger partial charge in [-0.05, 0) is 53.1 Å². The summed E-state index contributed by atoms with van der Waals surface area (Å²) in [6.07, 6.45) is 0.960. The molecule has 1 saturated heterocycles. The number of nitrogens with zero attached hydrogens (tertiary/aromatic N) is 4. The number of methoxy groups -OCH3 is 2. The molecular formula is C39H37N5O7. The standard InChI is InChI=1S/C39H37N5O7/c1-47-29-17-13-27(14-18-29)39(26-9-5-3-6-10-26,28-15-19-30(48-2)20-16-28)50-22-32-21-33(45)38(51-32)44-25-42-35-36(40-24-41-37(35)44)43-34(46)23-49-31-11-7-4-8-12-31/h3-20,24-25,32-33,38,45H,21-23H2,1-2H3,(H,40,41,43,46)/t32-,33?,38+/m0/s1. The minimum Gasteiger partial charge on any atom is -0.497 e. The summed E-state index contributed by atoms with van der Waals surface area (Å²) in [5.74, 6) is 1.84. The Hall–Kier alpha value is -5.82. The van der Waals surface area contributed by atoms with Gasteiger partial charge in [-0.2, -0.15) is 0 Å². The first-order valence-electron chi connectivity index (χ1n) is 16.5. The molecule has 1 aliphatic heterocycles. The third kappa shape index (κ3) is 6.97. The van der Waals surface area contributed by atoms with E-state index < -0.39 is 29.9 Å². The maximum absolute atomic E-state index is 12.7. The summed E-state index contributed by atoms with van der Waals surface area (Å²) in [4.78, 5) is 25.8. The Morgan fingerprint density at radius 3 is 2.06 bits per heavy atom. The topological polar surface area (TPSA) is 139 Å². The van der Waals surface area contributed by atoms with Crippen molar-refractivity contribution >= 4 is 22.9 Å². The molecule has 3 heterocycles. The number of carbonyl (C=O) groups is 1. The number of aliphatic hydroxyl groups is 1. The summed E-state index contributed by atoms with van der Waals surface area (Å²) in [5.41, 5.74) is 2.38. The average Bonchev–Trinajstić information content (AvgIpc) is 3.78. The SMILES string of the molecule is COc1ccc(C(OC[C@@H]2CC(O)[C@H](n3cnc4c(NC(=O)COc5ccccc5)ncnc43)O2)(c2ccccc2)c2ccc(OC)cc2)cc1. The Balaban J connectivity index is 1.13. The third-order valence-corrected chi connectivity index (χ3v) is 8.83. The van der Waals surface area contributed by atoms with Crippen LogP contribution >= 0.6 is 0 Å². The Kier molecular flexibility index (Phi) is 9.88. The summed E-state index contributed by atoms with van der Waals surface area (Å²) >= 11 is 0. The fraction of sp³-hybridized carbons (Fsp3) is 0.231. The second kappa shape index (κ2) is 15.0. The van der Waals surface area contributed by atoms with E-state index in [9.17, 15) is 9.90 Å². The number of ether oxygens (including phenoxy) is 5. The number of imidazole rings is 1. The molecule has 260 valence electrons. The van der Waals surface area contributed by atoms with E-state index in [2.05, 4.69) is 20.3 Å². The normalized spacial score (nSPS) is 17.3. The lowest BCUT2D eigenvalue weighted by molar-refractivity contribution is -0.118. The van der Waals surface area contributed by atoms with Crippen molar-refractivity contribution in [1.29, 1.82) is 0 Å². The van der Waals surface area contributed by atoms with Crippen LogP contribution in [0, 0.1) is 0 Å². The van der Waals surface area contributed by atoms with Crippen molar-refractivity contribution in [2.45, 2.75) is 30.5 Å². The number of fused-ring (bicyclic) bond motifs is 1. The van der Waals surface area contributed by atoms with Gasteiger partial charge in [0.25, 0.3) is 5.91 Å². The van der Waals surface area contributed by atoms with E-state index in [1.165, 1.54) is 12.7 Å². The minimum absolute atomic E-state index is 0.144. The van der Waals surface area contributed by atoms with Crippen molar-refractivity contribution in [3.8, 4) is 17.2 Å². The second-order valence-electron chi connectivity index (χ2n) is 12.0. The number of nitrogens with one attached hydrogen (secondary N) is 1. The average molecular weight is 688 g/mol. The summed E-state index contributed by atoms with van der Waals surface area (Å²) in [7, 11) is 3.26. The molecule has 0 radical (unpaired) electrons. The number of aliphatic hydroxyl groups excluding tert-OH is 1. The van der Waals surface area contributed by atoms with Crippen molar-refractivity contribution in [3.05, 3.63) is 139 Å². The van der Waals surface area contributed by atoms with Gasteiger partial charge in [-0.1, -0.05) is 72.8 Å². The molecule has 3 atom stereocenters. The van der Waals surface area contributed by atoms with Crippen molar-refractivity contribution in [2.24, 2.45) is 0 Å². The number of hydrogen-bond donors (Lipinski definition) is 2. The van der Waals surface area contributed by atoms with Gasteiger partial charge in [0, 0.05) is 6.42 Å². The lowest BCUT2D eigenvalue weighted by Crippen LogP contribution is -2.35. The van der Waals surface area contributed by atoms with E-state index in [1.54, 1.807) is 30.9 Å². The largest absolute Gasteiger partial charge is 0.497 e. The smallest absolute Gasteiger partial charge is 0.263 e. The zero-order valence-electron chi connectivity index (χ0n) is 28.1. The molecule has 2 N–H and O–H groups in total. The number of rotatable bonds is 13. The first-order chi connectivity index (χ1) is 25.0. The maximum atomic E-state index is 12.7. The molecule has 0 spiro atoms. The fourth-order valence-electron chi connectivity index (χ4n) is 6.34. The highest BCUT2D eigenvalue weighted by molar-refractivity contribution is 5.97. The molecule has 0 saturated carbocycles. The van der Waals surface area contributed by atoms with E-state index in [0.717, 1.165) is 28.2 Å². The van der Waals surface area contributed by atoms with Gasteiger partial charge in [0.1, 0.15) is 35.3 Å². The van der Waals surface area contributed by atoms with Crippen LogP contribution in [0.5, 0.6) is 17.2 Å². The van der Waals surface area contributed by atoms with Gasteiger partial charge in [-0.25, -0.2) is 15.0 Å². The van der Waals surface area contributed by atoms with Crippen LogP contribution in [-0.2, 0) is 19.9 Å². The molecule has 6 aromatic rings. The molecule has 1 unspecified atom stereocenters. The monoisotopic (exact) mass is 687 g/mol. The highest BCUT2D eigenvalue weighted by Crippen LogP contribution is 2.43. The quantitative estimate of drug-likeness (QED) is 0.149. The molecular weight excluding hydrogens is 650 g/mol. The van der Waals surface area contributed by atoms with Crippen molar-refractivity contribution in [2.75, 3.05) is 32.8 Å². The molecule has 1 amide bonds. The molecule has 1 fully saturated rings. The highest BCUT2D eigenvalue weighted by Gasteiger charge is 2.42. The maximum Gasteiger partial charge on any atom is 0.263 e. The molecule has 12 heteroatoms. The molecule has 4 aromatic carbocycles. The zero-order valence-corrected chi connectivity index (χ0v) is 28.1. The van der Waals surface area contributed by atoms with Gasteiger partial charge in [0.15, 0.2) is 29.8 Å². The van der Waals surface area contributed by atoms with Crippen molar-refractivity contribution < 1.29 is 33.6 Å². The summed E-state index contributed by atoms with van der Waals surface area (Å²) in [5, 5.41) is 14.0. The Labute approximate surface area is 294 Å². The fourth-order valence-corrected chi connectivity index (χ4v) is 6.34. The van der Waals surface area contributed by atoms with Crippen LogP contribution in [0.1, 0.15) is 29.3 Å². The Morgan fingerprint density at radius 2 is 1.43 bits per heavy atom. The van der Waals surface area contributed by atoms with E-state index >= 15 is 0 Å².